The first kappa shape index (κ1) is 22.1. The highest BCUT2D eigenvalue weighted by Gasteiger charge is 2.22. The zero-order valence-corrected chi connectivity index (χ0v) is 18.6. The van der Waals surface area contributed by atoms with Gasteiger partial charge < -0.3 is 23.7 Å². The van der Waals surface area contributed by atoms with Gasteiger partial charge in [0.1, 0.15) is 4.90 Å². The molecule has 2 aromatic carbocycles. The van der Waals surface area contributed by atoms with Gasteiger partial charge in [0, 0.05) is 17.1 Å². The van der Waals surface area contributed by atoms with E-state index in [0.29, 0.717) is 38.8 Å². The predicted molar refractivity (Wildman–Crippen MR) is 107 cm³/mol. The molecular weight excluding hydrogens is 454 g/mol. The molecule has 0 saturated carbocycles. The number of halogens is 1. The monoisotopic (exact) mass is 475 g/mol. The van der Waals surface area contributed by atoms with Crippen LogP contribution in [0.15, 0.2) is 33.6 Å². The van der Waals surface area contributed by atoms with Gasteiger partial charge in [0.15, 0.2) is 23.0 Å². The number of hydrogen-bond donors (Lipinski definition) is 1. The first-order valence-electron chi connectivity index (χ1n) is 8.01. The maximum absolute atomic E-state index is 12.8. The molecule has 1 N–H and O–H groups in total. The third-order valence-corrected chi connectivity index (χ3v) is 6.28. The van der Waals surface area contributed by atoms with Crippen LogP contribution >= 0.6 is 15.9 Å². The number of nitrogens with one attached hydrogen (secondary N) is 1. The van der Waals surface area contributed by atoms with Crippen molar-refractivity contribution in [3.8, 4) is 28.7 Å². The zero-order valence-electron chi connectivity index (χ0n) is 16.2. The lowest BCUT2D eigenvalue weighted by Crippen LogP contribution is -2.23. The highest BCUT2D eigenvalue weighted by molar-refractivity contribution is 9.10. The molecule has 0 heterocycles. The van der Waals surface area contributed by atoms with Crippen molar-refractivity contribution >= 4 is 26.0 Å². The minimum atomic E-state index is -3.85. The van der Waals surface area contributed by atoms with Gasteiger partial charge in [-0.15, -0.1) is 0 Å². The fourth-order valence-electron chi connectivity index (χ4n) is 2.54. The zero-order chi connectivity index (χ0) is 20.9. The second kappa shape index (κ2) is 9.35. The first-order valence-corrected chi connectivity index (χ1v) is 10.3. The molecule has 0 saturated heterocycles. The highest BCUT2D eigenvalue weighted by Crippen LogP contribution is 2.39. The number of methoxy groups -OCH3 is 5. The summed E-state index contributed by atoms with van der Waals surface area (Å²) in [6.07, 6.45) is 0. The minimum Gasteiger partial charge on any atom is -0.493 e. The van der Waals surface area contributed by atoms with Crippen molar-refractivity contribution < 1.29 is 32.1 Å². The van der Waals surface area contributed by atoms with Crippen molar-refractivity contribution in [2.75, 3.05) is 35.5 Å². The molecule has 0 spiro atoms. The summed E-state index contributed by atoms with van der Waals surface area (Å²) in [5.41, 5.74) is 0.634. The van der Waals surface area contributed by atoms with Crippen molar-refractivity contribution in [3.05, 3.63) is 34.3 Å². The predicted octanol–water partition coefficient (Wildman–Crippen LogP) is 2.97. The molecule has 0 unspecified atom stereocenters. The van der Waals surface area contributed by atoms with Gasteiger partial charge >= 0.3 is 0 Å². The van der Waals surface area contributed by atoms with Gasteiger partial charge in [-0.1, -0.05) is 0 Å². The van der Waals surface area contributed by atoms with Gasteiger partial charge in [-0.25, -0.2) is 13.1 Å². The topological polar surface area (TPSA) is 92.3 Å². The Hall–Kier alpha value is -2.17. The smallest absolute Gasteiger partial charge is 0.242 e. The number of benzene rings is 2. The van der Waals surface area contributed by atoms with E-state index in [2.05, 4.69) is 20.7 Å². The molecule has 2 rings (SSSR count). The highest BCUT2D eigenvalue weighted by atomic mass is 79.9. The van der Waals surface area contributed by atoms with Gasteiger partial charge in [0.2, 0.25) is 15.8 Å². The maximum atomic E-state index is 12.8. The quantitative estimate of drug-likeness (QED) is 0.595. The standard InChI is InChI=1S/C18H22BrNO7S/c1-23-13-8-12(19)17(9-14(13)24-2)28(21,22)20-10-11-6-15(25-3)18(27-5)16(7-11)26-4/h6-9,20H,10H2,1-5H3. The van der Waals surface area contributed by atoms with Crippen LogP contribution in [0, 0.1) is 0 Å². The number of rotatable bonds is 9. The summed E-state index contributed by atoms with van der Waals surface area (Å²) in [7, 11) is 3.54. The summed E-state index contributed by atoms with van der Waals surface area (Å²) in [5.74, 6) is 2.02. The molecule has 0 fully saturated rings. The van der Waals surface area contributed by atoms with E-state index in [9.17, 15) is 8.42 Å². The Balaban J connectivity index is 2.34. The molecule has 2 aromatic rings. The lowest BCUT2D eigenvalue weighted by Gasteiger charge is -2.15. The van der Waals surface area contributed by atoms with Crippen molar-refractivity contribution in [2.45, 2.75) is 11.4 Å². The van der Waals surface area contributed by atoms with Crippen LogP contribution < -0.4 is 28.4 Å². The van der Waals surface area contributed by atoms with Crippen LogP contribution in [0.3, 0.4) is 0 Å². The van der Waals surface area contributed by atoms with E-state index >= 15 is 0 Å². The molecule has 28 heavy (non-hydrogen) atoms. The second-order valence-electron chi connectivity index (χ2n) is 5.50. The van der Waals surface area contributed by atoms with E-state index < -0.39 is 10.0 Å². The van der Waals surface area contributed by atoms with Crippen LogP contribution in [0.4, 0.5) is 0 Å². The van der Waals surface area contributed by atoms with Crippen LogP contribution in [-0.2, 0) is 16.6 Å². The van der Waals surface area contributed by atoms with Crippen molar-refractivity contribution in [3.63, 3.8) is 0 Å². The van der Waals surface area contributed by atoms with Gasteiger partial charge in [0.25, 0.3) is 0 Å². The van der Waals surface area contributed by atoms with E-state index in [-0.39, 0.29) is 11.4 Å². The lowest BCUT2D eigenvalue weighted by atomic mass is 10.2. The Bertz CT molecular complexity index is 922. The summed E-state index contributed by atoms with van der Waals surface area (Å²) in [4.78, 5) is 0.0255. The van der Waals surface area contributed by atoms with Crippen molar-refractivity contribution in [1.29, 1.82) is 0 Å². The van der Waals surface area contributed by atoms with Crippen LogP contribution in [0.25, 0.3) is 0 Å². The van der Waals surface area contributed by atoms with Gasteiger partial charge in [-0.2, -0.15) is 0 Å². The molecule has 0 radical (unpaired) electrons. The Morgan fingerprint density at radius 1 is 0.786 bits per heavy atom. The van der Waals surface area contributed by atoms with E-state index in [4.69, 9.17) is 23.7 Å². The third-order valence-electron chi connectivity index (χ3n) is 3.92. The SMILES string of the molecule is COc1cc(Br)c(S(=O)(=O)NCc2cc(OC)c(OC)c(OC)c2)cc1OC. The van der Waals surface area contributed by atoms with E-state index in [1.807, 2.05) is 0 Å². The van der Waals surface area contributed by atoms with Gasteiger partial charge in [-0.05, 0) is 39.7 Å². The average molecular weight is 476 g/mol. The molecular formula is C18H22BrNO7S. The van der Waals surface area contributed by atoms with E-state index in [0.717, 1.165) is 0 Å². The molecule has 0 amide bonds. The molecule has 0 aliphatic rings. The molecule has 0 bridgehead atoms. The Kier molecular flexibility index (Phi) is 7.39. The third kappa shape index (κ3) is 4.62. The molecule has 0 aromatic heterocycles. The molecule has 154 valence electrons. The lowest BCUT2D eigenvalue weighted by molar-refractivity contribution is 0.323. The summed E-state index contributed by atoms with van der Waals surface area (Å²) in [6.45, 7) is 0.0137. The van der Waals surface area contributed by atoms with Crippen molar-refractivity contribution in [2.24, 2.45) is 0 Å². The summed E-state index contributed by atoms with van der Waals surface area (Å²) >= 11 is 3.27. The maximum Gasteiger partial charge on any atom is 0.242 e. The molecule has 0 aliphatic heterocycles. The fourth-order valence-corrected chi connectivity index (χ4v) is 4.59. The average Bonchev–Trinajstić information content (AvgIpc) is 2.70. The van der Waals surface area contributed by atoms with E-state index in [1.165, 1.54) is 47.7 Å². The van der Waals surface area contributed by atoms with Crippen LogP contribution in [0.1, 0.15) is 5.56 Å². The second-order valence-corrected chi connectivity index (χ2v) is 8.09. The molecule has 8 nitrogen and oxygen atoms in total. The molecule has 0 aliphatic carbocycles. The van der Waals surface area contributed by atoms with Crippen LogP contribution in [0.2, 0.25) is 0 Å². The number of sulfonamides is 1. The number of ether oxygens (including phenoxy) is 5. The van der Waals surface area contributed by atoms with Crippen molar-refractivity contribution in [1.82, 2.24) is 4.72 Å². The largest absolute Gasteiger partial charge is 0.493 e. The van der Waals surface area contributed by atoms with E-state index in [1.54, 1.807) is 12.1 Å². The first-order chi connectivity index (χ1) is 13.3. The summed E-state index contributed by atoms with van der Waals surface area (Å²) < 4.78 is 54.7. The normalized spacial score (nSPS) is 11.1. The van der Waals surface area contributed by atoms with Gasteiger partial charge in [-0.3, -0.25) is 0 Å². The van der Waals surface area contributed by atoms with Gasteiger partial charge in [0.05, 0.1) is 35.5 Å². The fraction of sp³-hybridized carbons (Fsp3) is 0.333. The molecule has 0 atom stereocenters. The molecule has 10 heteroatoms. The Labute approximate surface area is 172 Å². The van der Waals surface area contributed by atoms with Crippen LogP contribution in [-0.4, -0.2) is 44.0 Å². The van der Waals surface area contributed by atoms with Crippen LogP contribution in [0.5, 0.6) is 28.7 Å². The Morgan fingerprint density at radius 3 is 1.75 bits per heavy atom. The summed E-state index contributed by atoms with van der Waals surface area (Å²) in [5, 5.41) is 0. The number of hydrogen-bond acceptors (Lipinski definition) is 7. The minimum absolute atomic E-state index is 0.0137. The Morgan fingerprint density at radius 2 is 1.29 bits per heavy atom. The summed E-state index contributed by atoms with van der Waals surface area (Å²) in [6, 6.07) is 6.27.